The molecular formula is C39H65N5O10S. The SMILES string of the molecule is CC[C@H](C)[C@@H]([C@@H](CC(=O)N1CCC[C@H]1[C@H](OC)[C@@H](C)C(=O)NS(=O)(=O)c1ccc(C(=O)OC)cc1)OC)N(C)C(=O)[C@@H](NC(=O)C(C(C)C)N(C)C)C(C)C. The number of carbonyl (C=O) groups is 5. The maximum Gasteiger partial charge on any atom is 0.337 e. The highest BCUT2D eigenvalue weighted by Gasteiger charge is 2.43. The largest absolute Gasteiger partial charge is 0.465 e. The Morgan fingerprint density at radius 3 is 1.96 bits per heavy atom. The average Bonchev–Trinajstić information content (AvgIpc) is 3.62. The van der Waals surface area contributed by atoms with Gasteiger partial charge in [-0.15, -0.1) is 0 Å². The summed E-state index contributed by atoms with van der Waals surface area (Å²) in [6.07, 6.45) is 0.236. The maximum atomic E-state index is 14.2. The van der Waals surface area contributed by atoms with Crippen LogP contribution in [0.15, 0.2) is 29.2 Å². The quantitative estimate of drug-likeness (QED) is 0.185. The summed E-state index contributed by atoms with van der Waals surface area (Å²) in [6, 6.07) is 2.69. The van der Waals surface area contributed by atoms with Gasteiger partial charge >= 0.3 is 5.97 Å². The van der Waals surface area contributed by atoms with Gasteiger partial charge in [-0.25, -0.2) is 17.9 Å². The number of carbonyl (C=O) groups excluding carboxylic acids is 5. The molecule has 2 rings (SSSR count). The van der Waals surface area contributed by atoms with E-state index in [1.807, 2.05) is 60.5 Å². The van der Waals surface area contributed by atoms with Crippen molar-refractivity contribution in [3.8, 4) is 0 Å². The van der Waals surface area contributed by atoms with Gasteiger partial charge in [0.25, 0.3) is 10.0 Å². The molecule has 0 saturated carbocycles. The Morgan fingerprint density at radius 2 is 1.49 bits per heavy atom. The van der Waals surface area contributed by atoms with E-state index in [1.54, 1.807) is 23.8 Å². The number of benzene rings is 1. The Morgan fingerprint density at radius 1 is 0.891 bits per heavy atom. The second-order valence-electron chi connectivity index (χ2n) is 15.5. The van der Waals surface area contributed by atoms with Crippen LogP contribution in [0.2, 0.25) is 0 Å². The van der Waals surface area contributed by atoms with Crippen LogP contribution in [-0.4, -0.2) is 138 Å². The molecular weight excluding hydrogens is 731 g/mol. The van der Waals surface area contributed by atoms with Crippen LogP contribution < -0.4 is 10.0 Å². The zero-order valence-electron chi connectivity index (χ0n) is 35.0. The van der Waals surface area contributed by atoms with Crippen molar-refractivity contribution in [2.24, 2.45) is 23.7 Å². The first-order valence-corrected chi connectivity index (χ1v) is 20.5. The Labute approximate surface area is 328 Å². The summed E-state index contributed by atoms with van der Waals surface area (Å²) < 4.78 is 44.7. The van der Waals surface area contributed by atoms with Crippen molar-refractivity contribution in [1.82, 2.24) is 24.7 Å². The molecule has 0 spiro atoms. The average molecular weight is 796 g/mol. The summed E-state index contributed by atoms with van der Waals surface area (Å²) >= 11 is 0. The molecule has 15 nitrogen and oxygen atoms in total. The molecule has 16 heteroatoms. The van der Waals surface area contributed by atoms with Gasteiger partial charge in [0.2, 0.25) is 23.6 Å². The molecule has 0 radical (unpaired) electrons. The van der Waals surface area contributed by atoms with Gasteiger partial charge in [-0.1, -0.05) is 54.9 Å². The lowest BCUT2D eigenvalue weighted by Gasteiger charge is -2.41. The highest BCUT2D eigenvalue weighted by molar-refractivity contribution is 7.90. The number of rotatable bonds is 20. The number of likely N-dealkylation sites (tertiary alicyclic amines) is 1. The van der Waals surface area contributed by atoms with Crippen LogP contribution in [0.25, 0.3) is 0 Å². The van der Waals surface area contributed by atoms with Crippen LogP contribution in [0, 0.1) is 23.7 Å². The number of hydrogen-bond acceptors (Lipinski definition) is 11. The monoisotopic (exact) mass is 795 g/mol. The Hall–Kier alpha value is -3.60. The highest BCUT2D eigenvalue weighted by atomic mass is 32.2. The van der Waals surface area contributed by atoms with E-state index in [2.05, 4.69) is 14.8 Å². The lowest BCUT2D eigenvalue weighted by Crippen LogP contribution is -2.59. The molecule has 0 bridgehead atoms. The normalized spacial score (nSPS) is 18.6. The third kappa shape index (κ3) is 11.9. The molecule has 1 aliphatic heterocycles. The summed E-state index contributed by atoms with van der Waals surface area (Å²) in [5.74, 6) is -3.47. The van der Waals surface area contributed by atoms with Crippen molar-refractivity contribution in [2.45, 2.75) is 115 Å². The van der Waals surface area contributed by atoms with Crippen molar-refractivity contribution in [1.29, 1.82) is 0 Å². The van der Waals surface area contributed by atoms with Gasteiger partial charge in [0.15, 0.2) is 0 Å². The third-order valence-corrected chi connectivity index (χ3v) is 12.1. The Kier molecular flexibility index (Phi) is 18.2. The van der Waals surface area contributed by atoms with Crippen LogP contribution in [0.5, 0.6) is 0 Å². The molecule has 1 heterocycles. The molecule has 1 fully saturated rings. The molecule has 2 N–H and O–H groups in total. The van der Waals surface area contributed by atoms with E-state index in [0.717, 1.165) is 0 Å². The number of amides is 4. The maximum absolute atomic E-state index is 14.2. The zero-order valence-corrected chi connectivity index (χ0v) is 35.8. The standard InChI is InChI=1S/C39H65N5O10S/c1-14-25(6)34(43(10)38(48)32(23(2)3)40-37(47)33(24(4)5)42(8)9)30(52-11)22-31(45)44-21-15-16-29(44)35(53-12)26(7)36(46)41-55(50,51)28-19-17-27(18-20-28)39(49)54-13/h17-20,23-26,29-30,32-35H,14-16,21-22H2,1-13H3,(H,40,47)(H,41,46)/t25-,26+,29-,30+,32-,33?,34-,35+/m0/s1. The highest BCUT2D eigenvalue weighted by Crippen LogP contribution is 2.30. The molecule has 0 aromatic heterocycles. The molecule has 1 saturated heterocycles. The van der Waals surface area contributed by atoms with Crippen molar-refractivity contribution in [2.75, 3.05) is 49.0 Å². The van der Waals surface area contributed by atoms with Crippen LogP contribution in [0.4, 0.5) is 0 Å². The Bertz CT molecular complexity index is 1560. The van der Waals surface area contributed by atoms with Gasteiger partial charge in [0.1, 0.15) is 6.04 Å². The second kappa shape index (κ2) is 21.1. The fourth-order valence-electron chi connectivity index (χ4n) is 7.58. The topological polar surface area (TPSA) is 181 Å². The molecule has 1 unspecified atom stereocenters. The number of methoxy groups -OCH3 is 3. The Balaban J connectivity index is 2.29. The number of nitrogens with zero attached hydrogens (tertiary/aromatic N) is 3. The van der Waals surface area contributed by atoms with Gasteiger partial charge in [-0.05, 0) is 69.0 Å². The molecule has 4 amide bonds. The first-order valence-electron chi connectivity index (χ1n) is 19.0. The minimum Gasteiger partial charge on any atom is -0.465 e. The fraction of sp³-hybridized carbons (Fsp3) is 0.718. The van der Waals surface area contributed by atoms with Crippen LogP contribution >= 0.6 is 0 Å². The number of likely N-dealkylation sites (N-methyl/N-ethyl adjacent to an activating group) is 2. The van der Waals surface area contributed by atoms with Crippen molar-refractivity contribution in [3.63, 3.8) is 0 Å². The van der Waals surface area contributed by atoms with Crippen molar-refractivity contribution in [3.05, 3.63) is 29.8 Å². The molecule has 8 atom stereocenters. The second-order valence-corrected chi connectivity index (χ2v) is 17.1. The van der Waals surface area contributed by atoms with Crippen LogP contribution in [-0.2, 0) is 43.4 Å². The molecule has 1 aromatic rings. The van der Waals surface area contributed by atoms with Gasteiger partial charge in [0.05, 0.1) is 60.2 Å². The summed E-state index contributed by atoms with van der Waals surface area (Å²) in [6.45, 7) is 13.6. The first-order chi connectivity index (χ1) is 25.7. The van der Waals surface area contributed by atoms with Crippen LogP contribution in [0.1, 0.15) is 84.5 Å². The van der Waals surface area contributed by atoms with E-state index in [0.29, 0.717) is 25.8 Å². The van der Waals surface area contributed by atoms with E-state index >= 15 is 0 Å². The number of nitrogens with one attached hydrogen (secondary N) is 2. The summed E-state index contributed by atoms with van der Waals surface area (Å²) in [5.41, 5.74) is 0.152. The van der Waals surface area contributed by atoms with Crippen molar-refractivity contribution < 1.29 is 46.6 Å². The molecule has 1 aromatic carbocycles. The van der Waals surface area contributed by atoms with E-state index in [9.17, 15) is 32.4 Å². The van der Waals surface area contributed by atoms with E-state index in [-0.39, 0.29) is 52.4 Å². The van der Waals surface area contributed by atoms with E-state index < -0.39 is 64.2 Å². The molecule has 55 heavy (non-hydrogen) atoms. The van der Waals surface area contributed by atoms with Crippen LogP contribution in [0.3, 0.4) is 0 Å². The first kappa shape index (κ1) is 47.6. The van der Waals surface area contributed by atoms with Gasteiger partial charge in [0, 0.05) is 27.8 Å². The minimum absolute atomic E-state index is 0.0171. The molecule has 312 valence electrons. The molecule has 0 aliphatic carbocycles. The summed E-state index contributed by atoms with van der Waals surface area (Å²) in [4.78, 5) is 71.8. The van der Waals surface area contributed by atoms with E-state index in [4.69, 9.17) is 9.47 Å². The number of esters is 1. The van der Waals surface area contributed by atoms with E-state index in [1.165, 1.54) is 45.6 Å². The predicted molar refractivity (Wildman–Crippen MR) is 208 cm³/mol. The third-order valence-electron chi connectivity index (χ3n) is 10.8. The zero-order chi connectivity index (χ0) is 41.9. The fourth-order valence-corrected chi connectivity index (χ4v) is 8.65. The number of sulfonamides is 1. The van der Waals surface area contributed by atoms with Gasteiger partial charge in [-0.2, -0.15) is 0 Å². The minimum atomic E-state index is -4.30. The smallest absolute Gasteiger partial charge is 0.337 e. The summed E-state index contributed by atoms with van der Waals surface area (Å²) in [7, 11) is 5.19. The number of hydrogen-bond donors (Lipinski definition) is 2. The lowest BCUT2D eigenvalue weighted by molar-refractivity contribution is -0.148. The van der Waals surface area contributed by atoms with Gasteiger partial charge < -0.3 is 29.3 Å². The lowest BCUT2D eigenvalue weighted by atomic mass is 9.89. The number of ether oxygens (including phenoxy) is 3. The predicted octanol–water partition coefficient (Wildman–Crippen LogP) is 2.93. The molecule has 1 aliphatic rings. The van der Waals surface area contributed by atoms with Gasteiger partial charge in [-0.3, -0.25) is 24.1 Å². The van der Waals surface area contributed by atoms with Crippen molar-refractivity contribution >= 4 is 39.6 Å². The summed E-state index contributed by atoms with van der Waals surface area (Å²) in [5, 5.41) is 3.00.